The largest absolute Gasteiger partial charge is 0.297 e. The molecule has 96 valence electrons. The van der Waals surface area contributed by atoms with E-state index in [0.717, 1.165) is 11.1 Å². The van der Waals surface area contributed by atoms with E-state index in [1.165, 1.54) is 0 Å². The Morgan fingerprint density at radius 2 is 2.21 bits per heavy atom. The Kier molecular flexibility index (Phi) is 2.63. The average molecular weight is 257 g/mol. The first-order valence-corrected chi connectivity index (χ1v) is 5.95. The fourth-order valence-electron chi connectivity index (χ4n) is 2.33. The van der Waals surface area contributed by atoms with Gasteiger partial charge in [-0.05, 0) is 18.1 Å². The third kappa shape index (κ3) is 1.91. The van der Waals surface area contributed by atoms with Crippen molar-refractivity contribution in [2.75, 3.05) is 0 Å². The monoisotopic (exact) mass is 257 g/mol. The Morgan fingerprint density at radius 1 is 1.37 bits per heavy atom. The number of piperidine rings is 1. The van der Waals surface area contributed by atoms with Crippen molar-refractivity contribution in [2.45, 2.75) is 18.8 Å². The number of fused-ring (bicyclic) bond motifs is 1. The number of carbonyl (C=O) groups is 3. The normalized spacial score (nSPS) is 19.5. The van der Waals surface area contributed by atoms with Crippen LogP contribution in [0, 0.1) is 0 Å². The number of imidazole rings is 1. The van der Waals surface area contributed by atoms with Crippen molar-refractivity contribution in [3.63, 3.8) is 0 Å². The number of rotatable bonds is 2. The second-order valence-corrected chi connectivity index (χ2v) is 4.50. The number of amides is 2. The predicted molar refractivity (Wildman–Crippen MR) is 65.7 cm³/mol. The van der Waals surface area contributed by atoms with Crippen LogP contribution in [0.25, 0.3) is 5.52 Å². The van der Waals surface area contributed by atoms with Crippen LogP contribution in [0.2, 0.25) is 0 Å². The number of imide groups is 1. The summed E-state index contributed by atoms with van der Waals surface area (Å²) in [5, 5.41) is 2.33. The topological polar surface area (TPSA) is 80.5 Å². The summed E-state index contributed by atoms with van der Waals surface area (Å²) in [6.07, 6.45) is 4.81. The van der Waals surface area contributed by atoms with Crippen LogP contribution >= 0.6 is 0 Å². The quantitative estimate of drug-likeness (QED) is 0.633. The minimum Gasteiger partial charge on any atom is -0.297 e. The van der Waals surface area contributed by atoms with Gasteiger partial charge < -0.3 is 0 Å². The molecule has 1 atom stereocenters. The number of pyridine rings is 1. The van der Waals surface area contributed by atoms with Gasteiger partial charge in [-0.3, -0.25) is 24.1 Å². The molecule has 0 saturated carbocycles. The van der Waals surface area contributed by atoms with Crippen molar-refractivity contribution >= 4 is 23.6 Å². The maximum absolute atomic E-state index is 11.8. The maximum atomic E-state index is 11.8. The van der Waals surface area contributed by atoms with E-state index < -0.39 is 0 Å². The first kappa shape index (κ1) is 11.6. The summed E-state index contributed by atoms with van der Waals surface area (Å²) < 4.78 is 1.64. The SMILES string of the molecule is O=Cc1ncc2ccc(C3CCC(=O)NC3=O)cn12. The molecule has 1 saturated heterocycles. The Balaban J connectivity index is 2.03. The van der Waals surface area contributed by atoms with Crippen LogP contribution in [0.15, 0.2) is 24.5 Å². The second kappa shape index (κ2) is 4.31. The molecule has 6 heteroatoms. The van der Waals surface area contributed by atoms with Gasteiger partial charge in [-0.2, -0.15) is 0 Å². The van der Waals surface area contributed by atoms with Gasteiger partial charge in [-0.15, -0.1) is 0 Å². The van der Waals surface area contributed by atoms with Gasteiger partial charge in [0.25, 0.3) is 0 Å². The van der Waals surface area contributed by atoms with Gasteiger partial charge in [-0.1, -0.05) is 6.07 Å². The van der Waals surface area contributed by atoms with E-state index in [0.29, 0.717) is 25.0 Å². The van der Waals surface area contributed by atoms with Crippen molar-refractivity contribution in [3.8, 4) is 0 Å². The smallest absolute Gasteiger partial charge is 0.234 e. The second-order valence-electron chi connectivity index (χ2n) is 4.50. The summed E-state index contributed by atoms with van der Waals surface area (Å²) in [4.78, 5) is 37.8. The lowest BCUT2D eigenvalue weighted by Gasteiger charge is -2.21. The zero-order valence-electron chi connectivity index (χ0n) is 10.00. The Labute approximate surface area is 108 Å². The Bertz CT molecular complexity index is 689. The highest BCUT2D eigenvalue weighted by Crippen LogP contribution is 2.25. The minimum absolute atomic E-state index is 0.237. The highest BCUT2D eigenvalue weighted by Gasteiger charge is 2.28. The molecule has 6 nitrogen and oxygen atoms in total. The third-order valence-corrected chi connectivity index (χ3v) is 3.33. The molecule has 2 amide bonds. The molecule has 1 N–H and O–H groups in total. The zero-order valence-corrected chi connectivity index (χ0v) is 10.00. The maximum Gasteiger partial charge on any atom is 0.234 e. The molecule has 0 bridgehead atoms. The van der Waals surface area contributed by atoms with Crippen molar-refractivity contribution in [1.82, 2.24) is 14.7 Å². The van der Waals surface area contributed by atoms with E-state index in [9.17, 15) is 14.4 Å². The molecule has 3 heterocycles. The molecule has 0 aliphatic carbocycles. The lowest BCUT2D eigenvalue weighted by Crippen LogP contribution is -2.39. The average Bonchev–Trinajstić information content (AvgIpc) is 2.80. The lowest BCUT2D eigenvalue weighted by atomic mass is 9.91. The first-order chi connectivity index (χ1) is 9.19. The summed E-state index contributed by atoms with van der Waals surface area (Å²) in [6, 6.07) is 3.63. The number of aldehydes is 1. The number of hydrogen-bond acceptors (Lipinski definition) is 4. The van der Waals surface area contributed by atoms with E-state index in [1.54, 1.807) is 22.9 Å². The van der Waals surface area contributed by atoms with Gasteiger partial charge in [-0.25, -0.2) is 4.98 Å². The van der Waals surface area contributed by atoms with E-state index in [4.69, 9.17) is 0 Å². The van der Waals surface area contributed by atoms with Gasteiger partial charge in [0.05, 0.1) is 17.6 Å². The predicted octanol–water partition coefficient (Wildman–Crippen LogP) is 0.667. The lowest BCUT2D eigenvalue weighted by molar-refractivity contribution is -0.134. The van der Waals surface area contributed by atoms with Crippen LogP contribution in [-0.2, 0) is 9.59 Å². The Morgan fingerprint density at radius 3 is 2.95 bits per heavy atom. The van der Waals surface area contributed by atoms with E-state index in [1.807, 2.05) is 6.07 Å². The van der Waals surface area contributed by atoms with Crippen LogP contribution in [0.1, 0.15) is 34.9 Å². The Hall–Kier alpha value is -2.50. The van der Waals surface area contributed by atoms with Gasteiger partial charge >= 0.3 is 0 Å². The molecule has 1 aliphatic rings. The van der Waals surface area contributed by atoms with Gasteiger partial charge in [0.1, 0.15) is 0 Å². The summed E-state index contributed by atoms with van der Waals surface area (Å²) >= 11 is 0. The van der Waals surface area contributed by atoms with Crippen molar-refractivity contribution in [1.29, 1.82) is 0 Å². The molecule has 19 heavy (non-hydrogen) atoms. The van der Waals surface area contributed by atoms with Crippen molar-refractivity contribution in [2.24, 2.45) is 0 Å². The summed E-state index contributed by atoms with van der Waals surface area (Å²) in [7, 11) is 0. The van der Waals surface area contributed by atoms with Gasteiger partial charge in [0, 0.05) is 12.6 Å². The highest BCUT2D eigenvalue weighted by molar-refractivity contribution is 6.00. The fourth-order valence-corrected chi connectivity index (χ4v) is 2.33. The zero-order chi connectivity index (χ0) is 13.4. The minimum atomic E-state index is -0.357. The molecule has 1 aliphatic heterocycles. The molecule has 1 fully saturated rings. The van der Waals surface area contributed by atoms with Gasteiger partial charge in [0.2, 0.25) is 11.8 Å². The molecular formula is C13H11N3O3. The summed E-state index contributed by atoms with van der Waals surface area (Å²) in [5.41, 5.74) is 1.57. The first-order valence-electron chi connectivity index (χ1n) is 5.95. The fraction of sp³-hybridized carbons (Fsp3) is 0.231. The van der Waals surface area contributed by atoms with Gasteiger partial charge in [0.15, 0.2) is 12.1 Å². The van der Waals surface area contributed by atoms with Crippen molar-refractivity contribution in [3.05, 3.63) is 35.9 Å². The van der Waals surface area contributed by atoms with E-state index in [2.05, 4.69) is 10.3 Å². The number of nitrogens with zero attached hydrogens (tertiary/aromatic N) is 2. The number of carbonyl (C=O) groups excluding carboxylic acids is 3. The van der Waals surface area contributed by atoms with Crippen LogP contribution in [0.5, 0.6) is 0 Å². The van der Waals surface area contributed by atoms with E-state index >= 15 is 0 Å². The third-order valence-electron chi connectivity index (χ3n) is 3.33. The van der Waals surface area contributed by atoms with Crippen molar-refractivity contribution < 1.29 is 14.4 Å². The number of aromatic nitrogens is 2. The molecular weight excluding hydrogens is 246 g/mol. The number of hydrogen-bond donors (Lipinski definition) is 1. The van der Waals surface area contributed by atoms with E-state index in [-0.39, 0.29) is 17.7 Å². The molecule has 1 unspecified atom stereocenters. The molecule has 2 aromatic heterocycles. The summed E-state index contributed by atoms with van der Waals surface area (Å²) in [6.45, 7) is 0. The molecule has 0 aromatic carbocycles. The molecule has 0 radical (unpaired) electrons. The molecule has 3 rings (SSSR count). The van der Waals surface area contributed by atoms with Crippen LogP contribution < -0.4 is 5.32 Å². The molecule has 2 aromatic rings. The van der Waals surface area contributed by atoms with Crippen LogP contribution in [0.4, 0.5) is 0 Å². The standard InChI is InChI=1S/C13H11N3O3/c17-7-11-14-5-9-2-1-8(6-16(9)11)10-3-4-12(18)15-13(10)19/h1-2,5-7,10H,3-4H2,(H,15,18,19). The highest BCUT2D eigenvalue weighted by atomic mass is 16.2. The number of nitrogens with one attached hydrogen (secondary N) is 1. The molecule has 0 spiro atoms. The summed E-state index contributed by atoms with van der Waals surface area (Å²) in [5.74, 6) is -0.588. The van der Waals surface area contributed by atoms with Crippen LogP contribution in [0.3, 0.4) is 0 Å². The van der Waals surface area contributed by atoms with Crippen LogP contribution in [-0.4, -0.2) is 27.5 Å².